The Bertz CT molecular complexity index is 866. The van der Waals surface area contributed by atoms with Crippen LogP contribution in [0.4, 0.5) is 16.5 Å². The summed E-state index contributed by atoms with van der Waals surface area (Å²) in [6, 6.07) is 9.83. The molecule has 22 heavy (non-hydrogen) atoms. The second-order valence-corrected chi connectivity index (χ2v) is 5.86. The van der Waals surface area contributed by atoms with Gasteiger partial charge in [-0.2, -0.15) is 0 Å². The van der Waals surface area contributed by atoms with Crippen molar-refractivity contribution >= 4 is 49.7 Å². The molecule has 0 aliphatic rings. The van der Waals surface area contributed by atoms with Gasteiger partial charge in [-0.3, -0.25) is 10.1 Å². The molecule has 0 amide bonds. The van der Waals surface area contributed by atoms with E-state index in [0.717, 1.165) is 10.2 Å². The minimum Gasteiger partial charge on any atom is -0.494 e. The van der Waals surface area contributed by atoms with Gasteiger partial charge in [0.05, 0.1) is 34.0 Å². The van der Waals surface area contributed by atoms with Crippen LogP contribution in [0.25, 0.3) is 10.2 Å². The first-order valence-corrected chi connectivity index (χ1v) is 7.42. The molecule has 1 aromatic heterocycles. The van der Waals surface area contributed by atoms with Crippen LogP contribution in [0, 0.1) is 10.1 Å². The highest BCUT2D eigenvalue weighted by atomic mass is 35.5. The molecule has 0 saturated carbocycles. The number of rotatable bonds is 4. The number of nitrogens with zero attached hydrogens (tertiary/aromatic N) is 2. The summed E-state index contributed by atoms with van der Waals surface area (Å²) in [4.78, 5) is 14.8. The Kier molecular flexibility index (Phi) is 3.82. The summed E-state index contributed by atoms with van der Waals surface area (Å²) in [6.45, 7) is 0. The van der Waals surface area contributed by atoms with Crippen LogP contribution in [-0.4, -0.2) is 17.0 Å². The number of benzene rings is 2. The van der Waals surface area contributed by atoms with Crippen molar-refractivity contribution in [3.05, 3.63) is 51.5 Å². The first-order chi connectivity index (χ1) is 10.6. The van der Waals surface area contributed by atoms with Crippen molar-refractivity contribution in [2.45, 2.75) is 0 Å². The molecular formula is C14H10ClN3O3S. The summed E-state index contributed by atoms with van der Waals surface area (Å²) in [6.07, 6.45) is 0. The zero-order valence-electron chi connectivity index (χ0n) is 11.4. The molecule has 0 unspecified atom stereocenters. The molecule has 1 heterocycles. The van der Waals surface area contributed by atoms with Gasteiger partial charge in [0.1, 0.15) is 5.75 Å². The summed E-state index contributed by atoms with van der Waals surface area (Å²) in [5, 5.41) is 15.2. The van der Waals surface area contributed by atoms with Crippen molar-refractivity contribution in [1.29, 1.82) is 0 Å². The van der Waals surface area contributed by atoms with E-state index >= 15 is 0 Å². The fraction of sp³-hybridized carbons (Fsp3) is 0.0714. The first-order valence-electron chi connectivity index (χ1n) is 6.22. The highest BCUT2D eigenvalue weighted by molar-refractivity contribution is 7.22. The second kappa shape index (κ2) is 5.78. The third-order valence-corrected chi connectivity index (χ3v) is 4.16. The number of nitrogens with one attached hydrogen (secondary N) is 1. The average molecular weight is 336 g/mol. The van der Waals surface area contributed by atoms with E-state index in [-0.39, 0.29) is 5.69 Å². The third kappa shape index (κ3) is 2.81. The quantitative estimate of drug-likeness (QED) is 0.556. The normalized spacial score (nSPS) is 10.6. The molecule has 0 bridgehead atoms. The fourth-order valence-corrected chi connectivity index (χ4v) is 3.12. The van der Waals surface area contributed by atoms with Gasteiger partial charge in [-0.15, -0.1) is 0 Å². The van der Waals surface area contributed by atoms with E-state index in [1.807, 2.05) is 12.1 Å². The lowest BCUT2D eigenvalue weighted by Gasteiger charge is -2.08. The van der Waals surface area contributed by atoms with Crippen molar-refractivity contribution in [3.8, 4) is 5.75 Å². The number of anilines is 2. The van der Waals surface area contributed by atoms with Crippen molar-refractivity contribution in [2.75, 3.05) is 12.4 Å². The summed E-state index contributed by atoms with van der Waals surface area (Å²) < 4.78 is 6.14. The van der Waals surface area contributed by atoms with Crippen LogP contribution in [0.2, 0.25) is 5.02 Å². The molecule has 2 aromatic carbocycles. The molecule has 6 nitrogen and oxygen atoms in total. The topological polar surface area (TPSA) is 77.3 Å². The van der Waals surface area contributed by atoms with E-state index in [1.54, 1.807) is 12.1 Å². The maximum Gasteiger partial charge on any atom is 0.273 e. The van der Waals surface area contributed by atoms with E-state index in [1.165, 1.54) is 30.6 Å². The van der Waals surface area contributed by atoms with Gasteiger partial charge in [-0.1, -0.05) is 22.9 Å². The molecule has 112 valence electrons. The smallest absolute Gasteiger partial charge is 0.273 e. The standard InChI is InChI=1S/C14H10ClN3O3S/c1-21-12-7-9(18(19)20)3-5-10(12)16-14-17-11-4-2-8(15)6-13(11)22-14/h2-7H,1H3,(H,16,17). The van der Waals surface area contributed by atoms with Crippen LogP contribution in [0.3, 0.4) is 0 Å². The lowest BCUT2D eigenvalue weighted by molar-refractivity contribution is -0.384. The highest BCUT2D eigenvalue weighted by Gasteiger charge is 2.13. The van der Waals surface area contributed by atoms with Crippen molar-refractivity contribution in [1.82, 2.24) is 4.98 Å². The second-order valence-electron chi connectivity index (χ2n) is 4.40. The van der Waals surface area contributed by atoms with Gasteiger partial charge in [-0.25, -0.2) is 4.98 Å². The van der Waals surface area contributed by atoms with E-state index in [2.05, 4.69) is 10.3 Å². The Morgan fingerprint density at radius 2 is 2.14 bits per heavy atom. The highest BCUT2D eigenvalue weighted by Crippen LogP contribution is 2.35. The lowest BCUT2D eigenvalue weighted by Crippen LogP contribution is -1.96. The molecule has 3 aromatic rings. The van der Waals surface area contributed by atoms with Gasteiger partial charge in [0, 0.05) is 11.1 Å². The molecule has 0 aliphatic carbocycles. The molecule has 0 atom stereocenters. The number of fused-ring (bicyclic) bond motifs is 1. The summed E-state index contributed by atoms with van der Waals surface area (Å²) in [5.41, 5.74) is 1.41. The maximum atomic E-state index is 10.8. The Morgan fingerprint density at radius 1 is 1.32 bits per heavy atom. The Morgan fingerprint density at radius 3 is 2.86 bits per heavy atom. The number of thiazole rings is 1. The third-order valence-electron chi connectivity index (χ3n) is 2.99. The zero-order chi connectivity index (χ0) is 15.7. The van der Waals surface area contributed by atoms with E-state index in [4.69, 9.17) is 16.3 Å². The van der Waals surface area contributed by atoms with Crippen LogP contribution in [-0.2, 0) is 0 Å². The van der Waals surface area contributed by atoms with Crippen LogP contribution >= 0.6 is 22.9 Å². The minimum atomic E-state index is -0.466. The van der Waals surface area contributed by atoms with Gasteiger partial charge in [0.2, 0.25) is 0 Å². The molecule has 0 spiro atoms. The summed E-state index contributed by atoms with van der Waals surface area (Å²) in [7, 11) is 1.46. The molecule has 3 rings (SSSR count). The number of hydrogen-bond donors (Lipinski definition) is 1. The number of non-ortho nitro benzene ring substituents is 1. The number of ether oxygens (including phenoxy) is 1. The van der Waals surface area contributed by atoms with Crippen molar-refractivity contribution in [3.63, 3.8) is 0 Å². The van der Waals surface area contributed by atoms with Crippen molar-refractivity contribution in [2.24, 2.45) is 0 Å². The number of hydrogen-bond acceptors (Lipinski definition) is 6. The Labute approximate surface area is 134 Å². The number of methoxy groups -OCH3 is 1. The van der Waals surface area contributed by atoms with Gasteiger partial charge < -0.3 is 10.1 Å². The predicted molar refractivity (Wildman–Crippen MR) is 87.6 cm³/mol. The summed E-state index contributed by atoms with van der Waals surface area (Å²) in [5.74, 6) is 0.381. The van der Waals surface area contributed by atoms with Crippen molar-refractivity contribution < 1.29 is 9.66 Å². The number of aromatic nitrogens is 1. The maximum absolute atomic E-state index is 10.8. The Hall–Kier alpha value is -2.38. The fourth-order valence-electron chi connectivity index (χ4n) is 1.96. The number of nitro benzene ring substituents is 1. The SMILES string of the molecule is COc1cc([N+](=O)[O-])ccc1Nc1nc2ccc(Cl)cc2s1. The van der Waals surface area contributed by atoms with Gasteiger partial charge >= 0.3 is 0 Å². The monoisotopic (exact) mass is 335 g/mol. The molecule has 8 heteroatoms. The van der Waals surface area contributed by atoms with Crippen LogP contribution < -0.4 is 10.1 Å². The molecule has 1 N–H and O–H groups in total. The number of halogens is 1. The van der Waals surface area contributed by atoms with Crippen LogP contribution in [0.15, 0.2) is 36.4 Å². The lowest BCUT2D eigenvalue weighted by atomic mass is 10.2. The molecule has 0 aliphatic heterocycles. The molecule has 0 fully saturated rings. The predicted octanol–water partition coefficient (Wildman–Crippen LogP) is 4.61. The molecular weight excluding hydrogens is 326 g/mol. The van der Waals surface area contributed by atoms with E-state index in [9.17, 15) is 10.1 Å². The van der Waals surface area contributed by atoms with Gasteiger partial charge in [0.25, 0.3) is 5.69 Å². The van der Waals surface area contributed by atoms with E-state index < -0.39 is 4.92 Å². The molecule has 0 radical (unpaired) electrons. The van der Waals surface area contributed by atoms with E-state index in [0.29, 0.717) is 21.6 Å². The summed E-state index contributed by atoms with van der Waals surface area (Å²) >= 11 is 7.40. The minimum absolute atomic E-state index is 0.0292. The van der Waals surface area contributed by atoms with Crippen LogP contribution in [0.5, 0.6) is 5.75 Å². The largest absolute Gasteiger partial charge is 0.494 e. The molecule has 0 saturated heterocycles. The van der Waals surface area contributed by atoms with Gasteiger partial charge in [0.15, 0.2) is 5.13 Å². The van der Waals surface area contributed by atoms with Crippen LogP contribution in [0.1, 0.15) is 0 Å². The zero-order valence-corrected chi connectivity index (χ0v) is 12.9. The average Bonchev–Trinajstić information content (AvgIpc) is 2.88. The Balaban J connectivity index is 1.95. The first kappa shape index (κ1) is 14.6. The number of nitro groups is 1. The van der Waals surface area contributed by atoms with Gasteiger partial charge in [-0.05, 0) is 24.3 Å².